The van der Waals surface area contributed by atoms with Gasteiger partial charge in [0.2, 0.25) is 22.7 Å². The van der Waals surface area contributed by atoms with E-state index in [2.05, 4.69) is 4.90 Å². The fraction of sp³-hybridized carbons (Fsp3) is 0.381. The fourth-order valence-corrected chi connectivity index (χ4v) is 4.56. The van der Waals surface area contributed by atoms with Crippen molar-refractivity contribution in [1.82, 2.24) is 9.80 Å². The van der Waals surface area contributed by atoms with Crippen LogP contribution in [0.5, 0.6) is 11.5 Å². The molecular weight excluding hydrogens is 425 g/mol. The summed E-state index contributed by atoms with van der Waals surface area (Å²) < 4.78 is 50.1. The van der Waals surface area contributed by atoms with Crippen LogP contribution in [0.3, 0.4) is 0 Å². The van der Waals surface area contributed by atoms with Crippen LogP contribution in [0.1, 0.15) is 5.56 Å². The van der Waals surface area contributed by atoms with Gasteiger partial charge in [-0.3, -0.25) is 14.0 Å². The van der Waals surface area contributed by atoms with Crippen LogP contribution in [0, 0.1) is 5.82 Å². The predicted molar refractivity (Wildman–Crippen MR) is 113 cm³/mol. The molecule has 0 N–H and O–H groups in total. The van der Waals surface area contributed by atoms with Crippen LogP contribution < -0.4 is 13.8 Å². The molecule has 0 aromatic heterocycles. The van der Waals surface area contributed by atoms with Crippen LogP contribution in [0.4, 0.5) is 10.1 Å². The summed E-state index contributed by atoms with van der Waals surface area (Å²) in [4.78, 5) is 16.6. The van der Waals surface area contributed by atoms with Crippen LogP contribution in [-0.2, 0) is 21.4 Å². The van der Waals surface area contributed by atoms with Gasteiger partial charge in [-0.2, -0.15) is 0 Å². The van der Waals surface area contributed by atoms with Crippen molar-refractivity contribution in [2.45, 2.75) is 6.54 Å². The van der Waals surface area contributed by atoms with Gasteiger partial charge in [0.05, 0.1) is 11.9 Å². The molecule has 1 amide bonds. The number of rotatable bonds is 6. The minimum absolute atomic E-state index is 0.125. The van der Waals surface area contributed by atoms with E-state index in [1.807, 2.05) is 18.2 Å². The molecule has 0 aliphatic carbocycles. The topological polar surface area (TPSA) is 79.4 Å². The minimum atomic E-state index is -3.82. The van der Waals surface area contributed by atoms with Gasteiger partial charge < -0.3 is 14.4 Å². The Morgan fingerprint density at radius 1 is 1.06 bits per heavy atom. The maximum absolute atomic E-state index is 14.1. The molecule has 1 fully saturated rings. The number of benzene rings is 2. The summed E-state index contributed by atoms with van der Waals surface area (Å²) in [5.41, 5.74) is 0.964. The number of nitrogens with zero attached hydrogens (tertiary/aromatic N) is 3. The number of amides is 1. The molecule has 2 aromatic rings. The third kappa shape index (κ3) is 4.91. The molecule has 0 unspecified atom stereocenters. The van der Waals surface area contributed by atoms with E-state index < -0.39 is 22.4 Å². The van der Waals surface area contributed by atoms with Gasteiger partial charge in [-0.05, 0) is 29.8 Å². The van der Waals surface area contributed by atoms with Crippen molar-refractivity contribution in [3.63, 3.8) is 0 Å². The van der Waals surface area contributed by atoms with E-state index in [0.717, 1.165) is 27.6 Å². The summed E-state index contributed by atoms with van der Waals surface area (Å²) in [6.07, 6.45) is 0.968. The van der Waals surface area contributed by atoms with E-state index in [-0.39, 0.29) is 18.4 Å². The molecule has 2 heterocycles. The minimum Gasteiger partial charge on any atom is -0.454 e. The Hall–Kier alpha value is -2.85. The van der Waals surface area contributed by atoms with Crippen molar-refractivity contribution >= 4 is 21.6 Å². The van der Waals surface area contributed by atoms with Gasteiger partial charge in [0.15, 0.2) is 11.5 Å². The number of hydrogen-bond acceptors (Lipinski definition) is 6. The molecule has 10 heteroatoms. The average Bonchev–Trinajstić information content (AvgIpc) is 3.20. The predicted octanol–water partition coefficient (Wildman–Crippen LogP) is 1.66. The van der Waals surface area contributed by atoms with E-state index in [1.54, 1.807) is 4.90 Å². The molecule has 0 saturated carbocycles. The summed E-state index contributed by atoms with van der Waals surface area (Å²) in [5.74, 6) is 0.440. The zero-order valence-electron chi connectivity index (χ0n) is 17.2. The number of para-hydroxylation sites is 1. The molecule has 31 heavy (non-hydrogen) atoms. The third-order valence-corrected chi connectivity index (χ3v) is 6.49. The molecule has 166 valence electrons. The number of hydrogen-bond donors (Lipinski definition) is 0. The number of halogens is 1. The van der Waals surface area contributed by atoms with Crippen molar-refractivity contribution in [3.05, 3.63) is 53.8 Å². The van der Waals surface area contributed by atoms with E-state index in [4.69, 9.17) is 9.47 Å². The number of carbonyl (C=O) groups is 1. The smallest absolute Gasteiger partial charge is 0.243 e. The van der Waals surface area contributed by atoms with Gasteiger partial charge in [-0.15, -0.1) is 0 Å². The Morgan fingerprint density at radius 2 is 1.77 bits per heavy atom. The highest BCUT2D eigenvalue weighted by Crippen LogP contribution is 2.32. The number of sulfonamides is 1. The zero-order valence-corrected chi connectivity index (χ0v) is 18.0. The van der Waals surface area contributed by atoms with E-state index in [0.29, 0.717) is 32.7 Å². The molecule has 2 aromatic carbocycles. The summed E-state index contributed by atoms with van der Waals surface area (Å²) in [5, 5.41) is 0. The van der Waals surface area contributed by atoms with Crippen molar-refractivity contribution in [3.8, 4) is 11.5 Å². The molecule has 1 saturated heterocycles. The molecule has 4 rings (SSSR count). The van der Waals surface area contributed by atoms with Gasteiger partial charge in [0.1, 0.15) is 12.4 Å². The van der Waals surface area contributed by atoms with Crippen molar-refractivity contribution in [2.24, 2.45) is 0 Å². The summed E-state index contributed by atoms with van der Waals surface area (Å²) in [7, 11) is -3.82. The SMILES string of the molecule is CS(=O)(=O)N(CC(=O)N1CCN(Cc2ccc3c(c2)OCO3)CC1)c1ccccc1F. The molecule has 2 aliphatic rings. The monoisotopic (exact) mass is 449 g/mol. The van der Waals surface area contributed by atoms with Gasteiger partial charge in [-0.25, -0.2) is 12.8 Å². The lowest BCUT2D eigenvalue weighted by Gasteiger charge is -2.35. The molecule has 0 atom stereocenters. The van der Waals surface area contributed by atoms with Crippen LogP contribution in [-0.4, -0.2) is 69.9 Å². The lowest BCUT2D eigenvalue weighted by atomic mass is 10.1. The Labute approximate surface area is 180 Å². The first kappa shape index (κ1) is 21.4. The highest BCUT2D eigenvalue weighted by atomic mass is 32.2. The quantitative estimate of drug-likeness (QED) is 0.668. The molecule has 8 nitrogen and oxygen atoms in total. The van der Waals surface area contributed by atoms with Gasteiger partial charge in [-0.1, -0.05) is 18.2 Å². The second-order valence-corrected chi connectivity index (χ2v) is 9.47. The second kappa shape index (κ2) is 8.72. The molecular formula is C21H24FN3O5S. The summed E-state index contributed by atoms with van der Waals surface area (Å²) in [6.45, 7) is 2.76. The second-order valence-electron chi connectivity index (χ2n) is 7.57. The Bertz CT molecular complexity index is 1070. The maximum atomic E-state index is 14.1. The van der Waals surface area contributed by atoms with Gasteiger partial charge >= 0.3 is 0 Å². The Balaban J connectivity index is 1.35. The van der Waals surface area contributed by atoms with Crippen LogP contribution >= 0.6 is 0 Å². The fourth-order valence-electron chi connectivity index (χ4n) is 3.71. The standard InChI is InChI=1S/C21H24FN3O5S/c1-31(27,28)25(18-5-3-2-4-17(18)22)14-21(26)24-10-8-23(9-11-24)13-16-6-7-19-20(12-16)30-15-29-19/h2-7,12H,8-11,13-15H2,1H3. The lowest BCUT2D eigenvalue weighted by Crippen LogP contribution is -2.51. The van der Waals surface area contributed by atoms with Crippen LogP contribution in [0.25, 0.3) is 0 Å². The van der Waals surface area contributed by atoms with Crippen molar-refractivity contribution in [1.29, 1.82) is 0 Å². The van der Waals surface area contributed by atoms with Crippen molar-refractivity contribution in [2.75, 3.05) is 50.1 Å². The molecule has 0 spiro atoms. The first-order chi connectivity index (χ1) is 14.8. The highest BCUT2D eigenvalue weighted by Gasteiger charge is 2.28. The van der Waals surface area contributed by atoms with E-state index in [9.17, 15) is 17.6 Å². The van der Waals surface area contributed by atoms with Crippen LogP contribution in [0.15, 0.2) is 42.5 Å². The van der Waals surface area contributed by atoms with E-state index >= 15 is 0 Å². The largest absolute Gasteiger partial charge is 0.454 e. The summed E-state index contributed by atoms with van der Waals surface area (Å²) >= 11 is 0. The highest BCUT2D eigenvalue weighted by molar-refractivity contribution is 7.92. The number of piperazine rings is 1. The maximum Gasteiger partial charge on any atom is 0.243 e. The first-order valence-corrected chi connectivity index (χ1v) is 11.8. The number of anilines is 1. The van der Waals surface area contributed by atoms with Gasteiger partial charge in [0.25, 0.3) is 0 Å². The normalized spacial score (nSPS) is 16.4. The van der Waals surface area contributed by atoms with Gasteiger partial charge in [0, 0.05) is 32.7 Å². The Kier molecular flexibility index (Phi) is 6.01. The molecule has 0 radical (unpaired) electrons. The average molecular weight is 450 g/mol. The van der Waals surface area contributed by atoms with Crippen molar-refractivity contribution < 1.29 is 27.1 Å². The zero-order chi connectivity index (χ0) is 22.0. The molecule has 0 bridgehead atoms. The Morgan fingerprint density at radius 3 is 2.48 bits per heavy atom. The van der Waals surface area contributed by atoms with Crippen LogP contribution in [0.2, 0.25) is 0 Å². The third-order valence-electron chi connectivity index (χ3n) is 5.37. The number of fused-ring (bicyclic) bond motifs is 1. The molecule has 2 aliphatic heterocycles. The lowest BCUT2D eigenvalue weighted by molar-refractivity contribution is -0.131. The van der Waals surface area contributed by atoms with E-state index in [1.165, 1.54) is 24.3 Å². The first-order valence-electron chi connectivity index (χ1n) is 9.92. The number of ether oxygens (including phenoxy) is 2. The number of carbonyl (C=O) groups excluding carboxylic acids is 1. The summed E-state index contributed by atoms with van der Waals surface area (Å²) in [6, 6.07) is 11.4.